The maximum Gasteiger partial charge on any atom is 0.410 e. The summed E-state index contributed by atoms with van der Waals surface area (Å²) in [6.07, 6.45) is 2.35. The Morgan fingerprint density at radius 3 is 2.59 bits per heavy atom. The Morgan fingerprint density at radius 1 is 1.12 bits per heavy atom. The van der Waals surface area contributed by atoms with E-state index < -0.39 is 5.60 Å². The second-order valence-electron chi connectivity index (χ2n) is 9.40. The van der Waals surface area contributed by atoms with Gasteiger partial charge in [0.25, 0.3) is 0 Å². The van der Waals surface area contributed by atoms with Crippen molar-refractivity contribution >= 4 is 12.0 Å². The van der Waals surface area contributed by atoms with E-state index in [4.69, 9.17) is 4.74 Å². The second-order valence-corrected chi connectivity index (χ2v) is 9.40. The molecular weight excluding hydrogens is 413 g/mol. The Kier molecular flexibility index (Phi) is 6.17. The van der Waals surface area contributed by atoms with Gasteiger partial charge in [0.1, 0.15) is 11.4 Å². The van der Waals surface area contributed by atoms with E-state index >= 15 is 0 Å². The number of nitrogens with zero attached hydrogens (tertiary/aromatic N) is 5. The molecule has 2 aromatic rings. The van der Waals surface area contributed by atoms with Crippen LogP contribution in [-0.4, -0.2) is 55.3 Å². The molecule has 0 saturated carbocycles. The Bertz CT molecular complexity index is 983. The fourth-order valence-corrected chi connectivity index (χ4v) is 4.29. The quantitative estimate of drug-likeness (QED) is 0.723. The molecule has 0 radical (unpaired) electrons. The number of ether oxygens (including phenoxy) is 1. The molecule has 4 rings (SSSR count). The van der Waals surface area contributed by atoms with Crippen LogP contribution in [0, 0.1) is 5.82 Å². The van der Waals surface area contributed by atoms with Crippen molar-refractivity contribution in [2.45, 2.75) is 71.2 Å². The first-order valence-corrected chi connectivity index (χ1v) is 11.1. The summed E-state index contributed by atoms with van der Waals surface area (Å²) in [5, 5.41) is 8.72. The van der Waals surface area contributed by atoms with Gasteiger partial charge in [0.2, 0.25) is 5.91 Å². The minimum atomic E-state index is -0.550. The fourth-order valence-electron chi connectivity index (χ4n) is 4.29. The van der Waals surface area contributed by atoms with Gasteiger partial charge in [-0.05, 0) is 57.7 Å². The topological polar surface area (TPSA) is 80.6 Å². The summed E-state index contributed by atoms with van der Waals surface area (Å²) in [7, 11) is 0. The van der Waals surface area contributed by atoms with E-state index in [0.29, 0.717) is 44.8 Å². The molecule has 2 amide bonds. The number of hydrogen-bond acceptors (Lipinski definition) is 5. The smallest absolute Gasteiger partial charge is 0.410 e. The van der Waals surface area contributed by atoms with Gasteiger partial charge in [0, 0.05) is 26.1 Å². The van der Waals surface area contributed by atoms with Gasteiger partial charge in [-0.3, -0.25) is 9.69 Å². The molecule has 1 atom stereocenters. The summed E-state index contributed by atoms with van der Waals surface area (Å²) >= 11 is 0. The lowest BCUT2D eigenvalue weighted by Gasteiger charge is -2.31. The molecule has 2 aliphatic rings. The lowest BCUT2D eigenvalue weighted by atomic mass is 10.1. The maximum atomic E-state index is 13.1. The predicted molar refractivity (Wildman–Crippen MR) is 115 cm³/mol. The summed E-state index contributed by atoms with van der Waals surface area (Å²) in [5.74, 6) is 1.29. The molecule has 2 aliphatic heterocycles. The first-order valence-electron chi connectivity index (χ1n) is 11.1. The Morgan fingerprint density at radius 2 is 1.88 bits per heavy atom. The van der Waals surface area contributed by atoms with Crippen LogP contribution in [0.5, 0.6) is 0 Å². The molecule has 0 N–H and O–H groups in total. The highest BCUT2D eigenvalue weighted by Crippen LogP contribution is 2.33. The van der Waals surface area contributed by atoms with Crippen molar-refractivity contribution in [3.05, 3.63) is 47.3 Å². The molecule has 8 nitrogen and oxygen atoms in total. The zero-order chi connectivity index (χ0) is 22.9. The maximum absolute atomic E-state index is 13.1. The van der Waals surface area contributed by atoms with Gasteiger partial charge in [0.15, 0.2) is 11.6 Å². The molecule has 0 aliphatic carbocycles. The van der Waals surface area contributed by atoms with E-state index in [-0.39, 0.29) is 23.9 Å². The SMILES string of the molecule is CC(C)(C)OC(=O)N1CCn2c(nnc2[C@@H]2CCCN2C(=O)CCc2ccc(F)cc2)C1. The Labute approximate surface area is 187 Å². The van der Waals surface area contributed by atoms with Crippen LogP contribution in [0.1, 0.15) is 63.3 Å². The molecule has 0 spiro atoms. The summed E-state index contributed by atoms with van der Waals surface area (Å²) in [6, 6.07) is 6.17. The lowest BCUT2D eigenvalue weighted by molar-refractivity contribution is -0.132. The van der Waals surface area contributed by atoms with Crippen molar-refractivity contribution in [2.75, 3.05) is 13.1 Å². The van der Waals surface area contributed by atoms with Crippen molar-refractivity contribution < 1.29 is 18.7 Å². The highest BCUT2D eigenvalue weighted by atomic mass is 19.1. The monoisotopic (exact) mass is 443 g/mol. The van der Waals surface area contributed by atoms with Gasteiger partial charge in [-0.25, -0.2) is 9.18 Å². The van der Waals surface area contributed by atoms with E-state index in [1.807, 2.05) is 30.2 Å². The van der Waals surface area contributed by atoms with Gasteiger partial charge in [-0.1, -0.05) is 12.1 Å². The van der Waals surface area contributed by atoms with Crippen LogP contribution < -0.4 is 0 Å². The molecule has 172 valence electrons. The molecule has 32 heavy (non-hydrogen) atoms. The molecule has 1 saturated heterocycles. The number of benzene rings is 1. The average Bonchev–Trinajstić information content (AvgIpc) is 3.38. The third-order valence-corrected chi connectivity index (χ3v) is 5.85. The molecular formula is C23H30FN5O3. The van der Waals surface area contributed by atoms with E-state index in [9.17, 15) is 14.0 Å². The van der Waals surface area contributed by atoms with Crippen molar-refractivity contribution in [3.63, 3.8) is 0 Å². The highest BCUT2D eigenvalue weighted by Gasteiger charge is 2.36. The van der Waals surface area contributed by atoms with Crippen LogP contribution in [0.2, 0.25) is 0 Å². The summed E-state index contributed by atoms with van der Waals surface area (Å²) < 4.78 is 20.6. The number of amides is 2. The minimum Gasteiger partial charge on any atom is -0.444 e. The molecule has 9 heteroatoms. The number of hydrogen-bond donors (Lipinski definition) is 0. The van der Waals surface area contributed by atoms with Gasteiger partial charge < -0.3 is 14.2 Å². The first-order chi connectivity index (χ1) is 15.2. The van der Waals surface area contributed by atoms with Crippen LogP contribution >= 0.6 is 0 Å². The molecule has 0 unspecified atom stereocenters. The highest BCUT2D eigenvalue weighted by molar-refractivity contribution is 5.77. The predicted octanol–water partition coefficient (Wildman–Crippen LogP) is 3.46. The zero-order valence-corrected chi connectivity index (χ0v) is 18.9. The molecule has 1 fully saturated rings. The van der Waals surface area contributed by atoms with Gasteiger partial charge in [0.05, 0.1) is 12.6 Å². The molecule has 0 bridgehead atoms. The van der Waals surface area contributed by atoms with Crippen LogP contribution in [0.15, 0.2) is 24.3 Å². The molecule has 1 aromatic carbocycles. The van der Waals surface area contributed by atoms with Crippen molar-refractivity contribution in [3.8, 4) is 0 Å². The van der Waals surface area contributed by atoms with Crippen molar-refractivity contribution in [1.29, 1.82) is 0 Å². The third-order valence-electron chi connectivity index (χ3n) is 5.85. The van der Waals surface area contributed by atoms with Crippen LogP contribution in [0.3, 0.4) is 0 Å². The zero-order valence-electron chi connectivity index (χ0n) is 18.9. The Balaban J connectivity index is 1.41. The number of aromatic nitrogens is 3. The number of halogens is 1. The summed E-state index contributed by atoms with van der Waals surface area (Å²) in [5.41, 5.74) is 0.393. The van der Waals surface area contributed by atoms with Gasteiger partial charge in [-0.2, -0.15) is 0 Å². The minimum absolute atomic E-state index is 0.0698. The summed E-state index contributed by atoms with van der Waals surface area (Å²) in [4.78, 5) is 28.9. The standard InChI is InChI=1S/C23H30FN5O3/c1-23(2,3)32-22(31)27-13-14-29-19(15-27)25-26-21(29)18-5-4-12-28(18)20(30)11-8-16-6-9-17(24)10-7-16/h6-7,9-10,18H,4-5,8,11-15H2,1-3H3/t18-/m0/s1. The van der Waals surface area contributed by atoms with E-state index in [2.05, 4.69) is 10.2 Å². The third kappa shape index (κ3) is 4.92. The number of fused-ring (bicyclic) bond motifs is 1. The van der Waals surface area contributed by atoms with Crippen molar-refractivity contribution in [1.82, 2.24) is 24.6 Å². The summed E-state index contributed by atoms with van der Waals surface area (Å²) in [6.45, 7) is 7.65. The van der Waals surface area contributed by atoms with Crippen LogP contribution in [-0.2, 0) is 29.0 Å². The number of carbonyl (C=O) groups is 2. The molecule has 1 aromatic heterocycles. The van der Waals surface area contributed by atoms with E-state index in [0.717, 1.165) is 24.2 Å². The van der Waals surface area contributed by atoms with E-state index in [1.54, 1.807) is 17.0 Å². The van der Waals surface area contributed by atoms with Gasteiger partial charge in [-0.15, -0.1) is 10.2 Å². The lowest BCUT2D eigenvalue weighted by Crippen LogP contribution is -2.42. The van der Waals surface area contributed by atoms with Crippen LogP contribution in [0.25, 0.3) is 0 Å². The van der Waals surface area contributed by atoms with Crippen LogP contribution in [0.4, 0.5) is 9.18 Å². The largest absolute Gasteiger partial charge is 0.444 e. The average molecular weight is 444 g/mol. The fraction of sp³-hybridized carbons (Fsp3) is 0.565. The van der Waals surface area contributed by atoms with Gasteiger partial charge >= 0.3 is 6.09 Å². The normalized spacial score (nSPS) is 18.6. The number of likely N-dealkylation sites (tertiary alicyclic amines) is 1. The number of carbonyl (C=O) groups excluding carboxylic acids is 2. The van der Waals surface area contributed by atoms with E-state index in [1.165, 1.54) is 12.1 Å². The molecule has 3 heterocycles. The second kappa shape index (κ2) is 8.88. The number of aryl methyl sites for hydroxylation is 1. The number of rotatable bonds is 4. The first kappa shape index (κ1) is 22.2. The van der Waals surface area contributed by atoms with Crippen molar-refractivity contribution in [2.24, 2.45) is 0 Å². The Hall–Kier alpha value is -2.97.